The molecule has 2 aromatic heterocycles. The fourth-order valence-electron chi connectivity index (χ4n) is 2.96. The number of carboxylic acids is 1. The van der Waals surface area contributed by atoms with Gasteiger partial charge in [0.15, 0.2) is 10.3 Å². The van der Waals surface area contributed by atoms with Crippen LogP contribution in [-0.4, -0.2) is 36.2 Å². The van der Waals surface area contributed by atoms with E-state index in [1.165, 1.54) is 29.5 Å². The number of halogens is 1. The zero-order valence-corrected chi connectivity index (χ0v) is 20.1. The highest BCUT2D eigenvalue weighted by Crippen LogP contribution is 2.30. The Hall–Kier alpha value is -2.76. The molecule has 1 unspecified atom stereocenters. The topological polar surface area (TPSA) is 131 Å². The van der Waals surface area contributed by atoms with Crippen molar-refractivity contribution < 1.29 is 14.8 Å². The van der Waals surface area contributed by atoms with Gasteiger partial charge in [0.25, 0.3) is 5.69 Å². The Morgan fingerprint density at radius 1 is 1.24 bits per heavy atom. The second-order valence-electron chi connectivity index (χ2n) is 7.12. The molecular formula is C21H22ClN5O4S2. The summed E-state index contributed by atoms with van der Waals surface area (Å²) in [6.07, 6.45) is 4.51. The summed E-state index contributed by atoms with van der Waals surface area (Å²) < 4.78 is 0. The van der Waals surface area contributed by atoms with Crippen molar-refractivity contribution in [1.82, 2.24) is 15.0 Å². The normalized spacial score (nSPS) is 11.8. The zero-order valence-electron chi connectivity index (χ0n) is 17.7. The molecule has 0 saturated heterocycles. The van der Waals surface area contributed by atoms with Crippen LogP contribution in [0.3, 0.4) is 0 Å². The molecule has 0 aliphatic heterocycles. The number of nitrogens with one attached hydrogen (secondary N) is 1. The molecule has 1 aromatic carbocycles. The van der Waals surface area contributed by atoms with Gasteiger partial charge in [-0.25, -0.2) is 15.0 Å². The fourth-order valence-corrected chi connectivity index (χ4v) is 4.86. The van der Waals surface area contributed by atoms with Crippen LogP contribution in [0.1, 0.15) is 39.0 Å². The third kappa shape index (κ3) is 7.37. The number of carboxylic acid groups (broad SMARTS) is 1. The maximum absolute atomic E-state index is 11.7. The smallest absolute Gasteiger partial charge is 0.317 e. The Kier molecular flexibility index (Phi) is 8.98. The first kappa shape index (κ1) is 24.9. The Labute approximate surface area is 203 Å². The number of unbranched alkanes of at least 4 members (excludes halogenated alkanes) is 3. The van der Waals surface area contributed by atoms with Crippen LogP contribution >= 0.6 is 34.7 Å². The standard InChI is InChI=1S/C21H22ClN5O4S2/c1-2-3-4-5-6-16(19(28)29)33-21-24-17(22)11-18(26-21)25-20-23-15(12-32-20)13-7-9-14(10-8-13)27(30)31/h7-12,16H,2-6H2,1H3,(H,28,29)(H,23,24,25,26). The lowest BCUT2D eigenvalue weighted by molar-refractivity contribution is -0.384. The summed E-state index contributed by atoms with van der Waals surface area (Å²) in [4.78, 5) is 35.1. The fraction of sp³-hybridized carbons (Fsp3) is 0.333. The van der Waals surface area contributed by atoms with Crippen LogP contribution in [0.25, 0.3) is 11.3 Å². The van der Waals surface area contributed by atoms with Crippen molar-refractivity contribution in [2.75, 3.05) is 5.32 Å². The number of nitro groups is 1. The van der Waals surface area contributed by atoms with Gasteiger partial charge in [-0.1, -0.05) is 56.0 Å². The number of anilines is 2. The van der Waals surface area contributed by atoms with Crippen molar-refractivity contribution in [2.45, 2.75) is 49.4 Å². The largest absolute Gasteiger partial charge is 0.480 e. The number of hydrogen-bond acceptors (Lipinski definition) is 9. The lowest BCUT2D eigenvalue weighted by Crippen LogP contribution is -2.17. The summed E-state index contributed by atoms with van der Waals surface area (Å²) >= 11 is 8.56. The molecule has 3 rings (SSSR count). The van der Waals surface area contributed by atoms with Crippen molar-refractivity contribution in [3.05, 3.63) is 51.0 Å². The van der Waals surface area contributed by atoms with Crippen molar-refractivity contribution >= 4 is 57.3 Å². The number of aliphatic carboxylic acids is 1. The first-order valence-corrected chi connectivity index (χ1v) is 12.4. The van der Waals surface area contributed by atoms with Crippen molar-refractivity contribution in [3.63, 3.8) is 0 Å². The number of nitrogens with zero attached hydrogens (tertiary/aromatic N) is 4. The summed E-state index contributed by atoms with van der Waals surface area (Å²) in [5.74, 6) is -0.500. The predicted molar refractivity (Wildman–Crippen MR) is 131 cm³/mol. The molecule has 9 nitrogen and oxygen atoms in total. The predicted octanol–water partition coefficient (Wildman–Crippen LogP) is 6.42. The maximum Gasteiger partial charge on any atom is 0.317 e. The summed E-state index contributed by atoms with van der Waals surface area (Å²) in [7, 11) is 0. The lowest BCUT2D eigenvalue weighted by Gasteiger charge is -2.12. The Bertz CT molecular complexity index is 1110. The van der Waals surface area contributed by atoms with Gasteiger partial charge in [0.05, 0.1) is 10.6 Å². The molecule has 0 amide bonds. The minimum atomic E-state index is -0.901. The molecule has 2 heterocycles. The molecule has 3 aromatic rings. The van der Waals surface area contributed by atoms with Gasteiger partial charge in [-0.3, -0.25) is 14.9 Å². The van der Waals surface area contributed by atoms with Crippen LogP contribution in [0.5, 0.6) is 0 Å². The van der Waals surface area contributed by atoms with Crippen molar-refractivity contribution in [1.29, 1.82) is 0 Å². The van der Waals surface area contributed by atoms with E-state index < -0.39 is 16.1 Å². The van der Waals surface area contributed by atoms with Gasteiger partial charge in [-0.2, -0.15) is 0 Å². The van der Waals surface area contributed by atoms with Crippen LogP contribution in [-0.2, 0) is 4.79 Å². The summed E-state index contributed by atoms with van der Waals surface area (Å²) in [6.45, 7) is 2.11. The quantitative estimate of drug-likeness (QED) is 0.0711. The van der Waals surface area contributed by atoms with Crippen molar-refractivity contribution in [2.24, 2.45) is 0 Å². The maximum atomic E-state index is 11.7. The molecule has 2 N–H and O–H groups in total. The molecule has 0 aliphatic carbocycles. The van der Waals surface area contributed by atoms with E-state index in [9.17, 15) is 20.0 Å². The Morgan fingerprint density at radius 2 is 2.00 bits per heavy atom. The molecule has 0 bridgehead atoms. The summed E-state index contributed by atoms with van der Waals surface area (Å²) in [5.41, 5.74) is 1.41. The average molecular weight is 508 g/mol. The minimum Gasteiger partial charge on any atom is -0.480 e. The molecule has 0 aliphatic rings. The van der Waals surface area contributed by atoms with E-state index in [0.717, 1.165) is 43.0 Å². The Morgan fingerprint density at radius 3 is 2.67 bits per heavy atom. The molecule has 0 saturated carbocycles. The SMILES string of the molecule is CCCCCCC(Sc1nc(Cl)cc(Nc2nc(-c3ccc([N+](=O)[O-])cc3)cs2)n1)C(=O)O. The van der Waals surface area contributed by atoms with Gasteiger partial charge in [-0.15, -0.1) is 11.3 Å². The number of carbonyl (C=O) groups is 1. The van der Waals surface area contributed by atoms with E-state index in [2.05, 4.69) is 27.2 Å². The summed E-state index contributed by atoms with van der Waals surface area (Å²) in [6, 6.07) is 7.67. The molecule has 0 fully saturated rings. The third-order valence-electron chi connectivity index (χ3n) is 4.63. The zero-order chi connectivity index (χ0) is 23.8. The molecule has 1 atom stereocenters. The summed E-state index contributed by atoms with van der Waals surface area (Å²) in [5, 5.41) is 25.6. The second-order valence-corrected chi connectivity index (χ2v) is 9.53. The van der Waals surface area contributed by atoms with Gasteiger partial charge in [0.1, 0.15) is 16.2 Å². The van der Waals surface area contributed by atoms with E-state index in [-0.39, 0.29) is 16.0 Å². The first-order chi connectivity index (χ1) is 15.9. The molecule has 0 radical (unpaired) electrons. The van der Waals surface area contributed by atoms with Gasteiger partial charge in [0.2, 0.25) is 0 Å². The van der Waals surface area contributed by atoms with E-state index in [0.29, 0.717) is 23.1 Å². The van der Waals surface area contributed by atoms with Crippen LogP contribution < -0.4 is 5.32 Å². The van der Waals surface area contributed by atoms with E-state index in [4.69, 9.17) is 11.6 Å². The van der Waals surface area contributed by atoms with E-state index >= 15 is 0 Å². The Balaban J connectivity index is 1.69. The minimum absolute atomic E-state index is 0.0120. The van der Waals surface area contributed by atoms with Crippen LogP contribution in [0.4, 0.5) is 16.6 Å². The van der Waals surface area contributed by atoms with Crippen LogP contribution in [0.15, 0.2) is 40.9 Å². The monoisotopic (exact) mass is 507 g/mol. The van der Waals surface area contributed by atoms with Crippen LogP contribution in [0, 0.1) is 10.1 Å². The average Bonchev–Trinajstić information content (AvgIpc) is 3.23. The number of non-ortho nitro benzene ring substituents is 1. The third-order valence-corrected chi connectivity index (χ3v) is 6.70. The highest BCUT2D eigenvalue weighted by atomic mass is 35.5. The van der Waals surface area contributed by atoms with Gasteiger partial charge < -0.3 is 10.4 Å². The molecule has 0 spiro atoms. The second kappa shape index (κ2) is 11.9. The van der Waals surface area contributed by atoms with Crippen molar-refractivity contribution in [3.8, 4) is 11.3 Å². The number of thiazole rings is 1. The number of rotatable bonds is 12. The highest BCUT2D eigenvalue weighted by Gasteiger charge is 2.21. The van der Waals surface area contributed by atoms with Gasteiger partial charge in [-0.05, 0) is 18.6 Å². The van der Waals surface area contributed by atoms with E-state index in [1.54, 1.807) is 12.1 Å². The van der Waals surface area contributed by atoms with Gasteiger partial charge in [0, 0.05) is 29.1 Å². The highest BCUT2D eigenvalue weighted by molar-refractivity contribution is 8.00. The molecule has 33 heavy (non-hydrogen) atoms. The number of hydrogen-bond donors (Lipinski definition) is 2. The molecule has 174 valence electrons. The number of aromatic nitrogens is 3. The molecule has 12 heteroatoms. The van der Waals surface area contributed by atoms with E-state index in [1.807, 2.05) is 5.38 Å². The molecular weight excluding hydrogens is 486 g/mol. The van der Waals surface area contributed by atoms with Crippen LogP contribution in [0.2, 0.25) is 5.15 Å². The number of thioether (sulfide) groups is 1. The first-order valence-electron chi connectivity index (χ1n) is 10.3. The van der Waals surface area contributed by atoms with Gasteiger partial charge >= 0.3 is 5.97 Å². The number of nitro benzene ring substituents is 1. The lowest BCUT2D eigenvalue weighted by atomic mass is 10.1. The number of benzene rings is 1.